The molecule has 33 heavy (non-hydrogen) atoms. The van der Waals surface area contributed by atoms with Crippen molar-refractivity contribution in [1.82, 2.24) is 4.90 Å². The highest BCUT2D eigenvalue weighted by Gasteiger charge is 2.28. The van der Waals surface area contributed by atoms with E-state index in [2.05, 4.69) is 30.1 Å². The van der Waals surface area contributed by atoms with Gasteiger partial charge in [0.15, 0.2) is 0 Å². The third-order valence-corrected chi connectivity index (χ3v) is 7.93. The van der Waals surface area contributed by atoms with E-state index in [0.29, 0.717) is 11.8 Å². The third-order valence-electron chi connectivity index (χ3n) is 6.68. The fourth-order valence-corrected chi connectivity index (χ4v) is 5.68. The van der Waals surface area contributed by atoms with E-state index >= 15 is 0 Å². The molecule has 5 heteroatoms. The SMILES string of the molecule is Cc1ccc(S(=O)(=O)Oc2ccc(C)cc2C(CC2CCCCN2C)c2ccccc2)cc1. The second kappa shape index (κ2) is 10.1. The van der Waals surface area contributed by atoms with E-state index in [1.165, 1.54) is 18.4 Å². The molecule has 1 fully saturated rings. The Morgan fingerprint density at radius 1 is 0.939 bits per heavy atom. The van der Waals surface area contributed by atoms with Crippen molar-refractivity contribution >= 4 is 10.1 Å². The minimum Gasteiger partial charge on any atom is -0.379 e. The van der Waals surface area contributed by atoms with Gasteiger partial charge >= 0.3 is 10.1 Å². The molecule has 2 unspecified atom stereocenters. The molecule has 1 aliphatic heterocycles. The van der Waals surface area contributed by atoms with E-state index in [0.717, 1.165) is 36.1 Å². The molecule has 0 aliphatic carbocycles. The van der Waals surface area contributed by atoms with Gasteiger partial charge in [0.2, 0.25) is 0 Å². The smallest absolute Gasteiger partial charge is 0.339 e. The van der Waals surface area contributed by atoms with Gasteiger partial charge in [-0.2, -0.15) is 8.42 Å². The molecule has 0 amide bonds. The lowest BCUT2D eigenvalue weighted by Crippen LogP contribution is -2.37. The number of aryl methyl sites for hydroxylation is 2. The zero-order chi connectivity index (χ0) is 23.4. The van der Waals surface area contributed by atoms with Crippen LogP contribution in [0.5, 0.6) is 5.75 Å². The number of benzene rings is 3. The fraction of sp³-hybridized carbons (Fsp3) is 0.357. The number of hydrogen-bond donors (Lipinski definition) is 0. The molecule has 0 spiro atoms. The number of nitrogens with zero attached hydrogens (tertiary/aromatic N) is 1. The van der Waals surface area contributed by atoms with Crippen molar-refractivity contribution in [1.29, 1.82) is 0 Å². The van der Waals surface area contributed by atoms with Gasteiger partial charge in [0.05, 0.1) is 0 Å². The van der Waals surface area contributed by atoms with Gasteiger partial charge in [0.25, 0.3) is 0 Å². The van der Waals surface area contributed by atoms with E-state index in [4.69, 9.17) is 4.18 Å². The molecule has 0 saturated carbocycles. The molecule has 174 valence electrons. The van der Waals surface area contributed by atoms with Crippen LogP contribution < -0.4 is 4.18 Å². The summed E-state index contributed by atoms with van der Waals surface area (Å²) < 4.78 is 32.0. The number of likely N-dealkylation sites (tertiary alicyclic amines) is 1. The topological polar surface area (TPSA) is 46.6 Å². The van der Waals surface area contributed by atoms with Crippen LogP contribution in [0.4, 0.5) is 0 Å². The Morgan fingerprint density at radius 2 is 1.64 bits per heavy atom. The molecule has 0 N–H and O–H groups in total. The van der Waals surface area contributed by atoms with Crippen LogP contribution in [0.2, 0.25) is 0 Å². The minimum absolute atomic E-state index is 0.0415. The zero-order valence-electron chi connectivity index (χ0n) is 19.7. The van der Waals surface area contributed by atoms with Crippen LogP contribution in [-0.4, -0.2) is 33.0 Å². The van der Waals surface area contributed by atoms with Crippen molar-refractivity contribution in [3.8, 4) is 5.75 Å². The number of hydrogen-bond acceptors (Lipinski definition) is 4. The summed E-state index contributed by atoms with van der Waals surface area (Å²) >= 11 is 0. The predicted molar refractivity (Wildman–Crippen MR) is 133 cm³/mol. The summed E-state index contributed by atoms with van der Waals surface area (Å²) in [5.74, 6) is 0.452. The minimum atomic E-state index is -3.94. The van der Waals surface area contributed by atoms with Crippen molar-refractivity contribution < 1.29 is 12.6 Å². The molecule has 3 aromatic carbocycles. The first-order chi connectivity index (χ1) is 15.8. The predicted octanol–water partition coefficient (Wildman–Crippen LogP) is 6.08. The Kier molecular flexibility index (Phi) is 7.20. The summed E-state index contributed by atoms with van der Waals surface area (Å²) in [6.45, 7) is 5.07. The maximum atomic E-state index is 13.1. The van der Waals surface area contributed by atoms with E-state index in [1.54, 1.807) is 30.3 Å². The molecule has 1 heterocycles. The number of piperidine rings is 1. The van der Waals surface area contributed by atoms with Crippen LogP contribution in [0.3, 0.4) is 0 Å². The third kappa shape index (κ3) is 5.66. The number of rotatable bonds is 7. The maximum Gasteiger partial charge on any atom is 0.339 e. The van der Waals surface area contributed by atoms with Crippen molar-refractivity contribution in [3.63, 3.8) is 0 Å². The molecule has 2 atom stereocenters. The molecule has 0 bridgehead atoms. The fourth-order valence-electron chi connectivity index (χ4n) is 4.73. The Balaban J connectivity index is 1.74. The van der Waals surface area contributed by atoms with Gasteiger partial charge in [-0.15, -0.1) is 0 Å². The lowest BCUT2D eigenvalue weighted by atomic mass is 9.82. The Labute approximate surface area is 198 Å². The molecule has 0 aromatic heterocycles. The van der Waals surface area contributed by atoms with Gasteiger partial charge in [-0.1, -0.05) is 72.1 Å². The van der Waals surface area contributed by atoms with E-state index < -0.39 is 10.1 Å². The van der Waals surface area contributed by atoms with Crippen LogP contribution in [-0.2, 0) is 10.1 Å². The van der Waals surface area contributed by atoms with Gasteiger partial charge in [-0.25, -0.2) is 0 Å². The molecule has 1 saturated heterocycles. The van der Waals surface area contributed by atoms with Crippen LogP contribution in [0.25, 0.3) is 0 Å². The molecule has 4 nitrogen and oxygen atoms in total. The van der Waals surface area contributed by atoms with E-state index in [-0.39, 0.29) is 10.8 Å². The summed E-state index contributed by atoms with van der Waals surface area (Å²) in [7, 11) is -1.74. The second-order valence-corrected chi connectivity index (χ2v) is 10.8. The van der Waals surface area contributed by atoms with Crippen LogP contribution in [0, 0.1) is 13.8 Å². The summed E-state index contributed by atoms with van der Waals surface area (Å²) in [6.07, 6.45) is 4.54. The molecule has 4 rings (SSSR count). The summed E-state index contributed by atoms with van der Waals surface area (Å²) in [5, 5.41) is 0. The first kappa shape index (κ1) is 23.5. The molecule has 0 radical (unpaired) electrons. The van der Waals surface area contributed by atoms with Gasteiger partial charge in [0, 0.05) is 17.5 Å². The standard InChI is InChI=1S/C28H33NO3S/c1-21-12-15-25(16-13-21)33(30,31)32-28-17-14-22(2)19-27(28)26(23-9-5-4-6-10-23)20-24-11-7-8-18-29(24)3/h4-6,9-10,12-17,19,24,26H,7-8,11,18,20H2,1-3H3. The first-order valence-corrected chi connectivity index (χ1v) is 13.1. The first-order valence-electron chi connectivity index (χ1n) is 11.7. The van der Waals surface area contributed by atoms with Crippen LogP contribution >= 0.6 is 0 Å². The summed E-state index contributed by atoms with van der Waals surface area (Å²) in [4.78, 5) is 2.61. The van der Waals surface area contributed by atoms with Crippen molar-refractivity contribution in [2.75, 3.05) is 13.6 Å². The molecule has 1 aliphatic rings. The van der Waals surface area contributed by atoms with Crippen LogP contribution in [0.1, 0.15) is 53.9 Å². The Hall–Kier alpha value is -2.63. The van der Waals surface area contributed by atoms with E-state index in [1.807, 2.05) is 38.1 Å². The second-order valence-electron chi connectivity index (χ2n) is 9.22. The lowest BCUT2D eigenvalue weighted by Gasteiger charge is -2.35. The Bertz CT molecular complexity index is 1170. The van der Waals surface area contributed by atoms with Crippen molar-refractivity contribution in [2.45, 2.75) is 56.4 Å². The Morgan fingerprint density at radius 3 is 2.33 bits per heavy atom. The zero-order valence-corrected chi connectivity index (χ0v) is 20.5. The van der Waals surface area contributed by atoms with E-state index in [9.17, 15) is 8.42 Å². The molecular formula is C28H33NO3S. The van der Waals surface area contributed by atoms with Crippen LogP contribution in [0.15, 0.2) is 77.7 Å². The maximum absolute atomic E-state index is 13.1. The molecule has 3 aromatic rings. The van der Waals surface area contributed by atoms with Crippen molar-refractivity contribution in [2.24, 2.45) is 0 Å². The monoisotopic (exact) mass is 463 g/mol. The summed E-state index contributed by atoms with van der Waals surface area (Å²) in [6, 6.07) is 23.4. The normalized spacial score (nSPS) is 18.1. The average molecular weight is 464 g/mol. The van der Waals surface area contributed by atoms with Gasteiger partial charge < -0.3 is 9.08 Å². The lowest BCUT2D eigenvalue weighted by molar-refractivity contribution is 0.171. The van der Waals surface area contributed by atoms with Gasteiger partial charge in [0.1, 0.15) is 10.6 Å². The quantitative estimate of drug-likeness (QED) is 0.399. The molecular weight excluding hydrogens is 430 g/mol. The van der Waals surface area contributed by atoms with Gasteiger partial charge in [-0.3, -0.25) is 0 Å². The summed E-state index contributed by atoms with van der Waals surface area (Å²) in [5.41, 5.74) is 4.20. The average Bonchev–Trinajstić information content (AvgIpc) is 2.80. The highest BCUT2D eigenvalue weighted by Crippen LogP contribution is 2.39. The van der Waals surface area contributed by atoms with Crippen molar-refractivity contribution in [3.05, 3.63) is 95.1 Å². The highest BCUT2D eigenvalue weighted by atomic mass is 32.2. The van der Waals surface area contributed by atoms with Gasteiger partial charge in [-0.05, 0) is 70.5 Å². The highest BCUT2D eigenvalue weighted by molar-refractivity contribution is 7.87. The largest absolute Gasteiger partial charge is 0.379 e.